The van der Waals surface area contributed by atoms with E-state index in [1.54, 1.807) is 6.08 Å². The Kier molecular flexibility index (Phi) is 2.94. The molecule has 1 N–H and O–H groups in total. The average Bonchev–Trinajstić information content (AvgIpc) is 2.01. The Labute approximate surface area is 84.6 Å². The van der Waals surface area contributed by atoms with Gasteiger partial charge in [0.05, 0.1) is 0 Å². The van der Waals surface area contributed by atoms with E-state index in [4.69, 9.17) is 5.11 Å². The zero-order valence-electron chi connectivity index (χ0n) is 8.87. The molecule has 0 spiro atoms. The SMILES string of the molecule is CC1=C(C=CC(=O)O)C(C)(C)CC=C1. The van der Waals surface area contributed by atoms with Crippen molar-refractivity contribution in [3.63, 3.8) is 0 Å². The molecule has 0 fully saturated rings. The van der Waals surface area contributed by atoms with Crippen LogP contribution in [0.25, 0.3) is 0 Å². The maximum Gasteiger partial charge on any atom is 0.328 e. The molecule has 1 aliphatic carbocycles. The zero-order valence-corrected chi connectivity index (χ0v) is 8.87. The lowest BCUT2D eigenvalue weighted by Gasteiger charge is -2.29. The van der Waals surface area contributed by atoms with Crippen molar-refractivity contribution in [2.75, 3.05) is 0 Å². The van der Waals surface area contributed by atoms with Gasteiger partial charge in [-0.25, -0.2) is 4.79 Å². The van der Waals surface area contributed by atoms with Crippen molar-refractivity contribution in [2.24, 2.45) is 5.41 Å². The fraction of sp³-hybridized carbons (Fsp3) is 0.417. The van der Waals surface area contributed by atoms with Gasteiger partial charge in [-0.05, 0) is 29.9 Å². The van der Waals surface area contributed by atoms with Gasteiger partial charge in [0.2, 0.25) is 0 Å². The highest BCUT2D eigenvalue weighted by atomic mass is 16.4. The molecular weight excluding hydrogens is 176 g/mol. The maximum atomic E-state index is 10.4. The summed E-state index contributed by atoms with van der Waals surface area (Å²) in [6, 6.07) is 0. The van der Waals surface area contributed by atoms with Crippen molar-refractivity contribution in [3.8, 4) is 0 Å². The average molecular weight is 192 g/mol. The van der Waals surface area contributed by atoms with E-state index < -0.39 is 5.97 Å². The van der Waals surface area contributed by atoms with Gasteiger partial charge >= 0.3 is 5.97 Å². The summed E-state index contributed by atoms with van der Waals surface area (Å²) in [5.74, 6) is -0.893. The smallest absolute Gasteiger partial charge is 0.328 e. The Morgan fingerprint density at radius 2 is 2.21 bits per heavy atom. The van der Waals surface area contributed by atoms with E-state index in [1.807, 2.05) is 13.0 Å². The normalized spacial score (nSPS) is 20.5. The third-order valence-corrected chi connectivity index (χ3v) is 2.54. The van der Waals surface area contributed by atoms with E-state index in [-0.39, 0.29) is 5.41 Å². The number of aliphatic carboxylic acids is 1. The quantitative estimate of drug-likeness (QED) is 0.683. The summed E-state index contributed by atoms with van der Waals surface area (Å²) in [6.07, 6.45) is 8.06. The minimum Gasteiger partial charge on any atom is -0.478 e. The molecule has 0 amide bonds. The van der Waals surface area contributed by atoms with Crippen molar-refractivity contribution in [3.05, 3.63) is 35.5 Å². The van der Waals surface area contributed by atoms with Crippen LogP contribution in [0.3, 0.4) is 0 Å². The van der Waals surface area contributed by atoms with Crippen molar-refractivity contribution in [2.45, 2.75) is 27.2 Å². The summed E-state index contributed by atoms with van der Waals surface area (Å²) >= 11 is 0. The topological polar surface area (TPSA) is 37.3 Å². The third-order valence-electron chi connectivity index (χ3n) is 2.54. The van der Waals surface area contributed by atoms with E-state index >= 15 is 0 Å². The van der Waals surface area contributed by atoms with Gasteiger partial charge in [-0.1, -0.05) is 32.1 Å². The van der Waals surface area contributed by atoms with Crippen LogP contribution in [-0.4, -0.2) is 11.1 Å². The predicted molar refractivity (Wildman–Crippen MR) is 57.0 cm³/mol. The second kappa shape index (κ2) is 3.82. The van der Waals surface area contributed by atoms with E-state index in [9.17, 15) is 4.79 Å². The molecule has 1 rings (SSSR count). The number of carboxylic acids is 1. The highest BCUT2D eigenvalue weighted by Gasteiger charge is 2.23. The molecule has 0 atom stereocenters. The molecule has 2 nitrogen and oxygen atoms in total. The van der Waals surface area contributed by atoms with Crippen LogP contribution in [0.4, 0.5) is 0 Å². The highest BCUT2D eigenvalue weighted by Crippen LogP contribution is 2.37. The molecule has 0 aliphatic heterocycles. The lowest BCUT2D eigenvalue weighted by molar-refractivity contribution is -0.131. The highest BCUT2D eigenvalue weighted by molar-refractivity contribution is 5.80. The number of rotatable bonds is 2. The van der Waals surface area contributed by atoms with Gasteiger partial charge < -0.3 is 5.11 Å². The second-order valence-corrected chi connectivity index (χ2v) is 4.26. The molecule has 0 aromatic carbocycles. The molecule has 2 heteroatoms. The number of allylic oxidation sites excluding steroid dienone is 5. The Bertz CT molecular complexity index is 330. The number of carboxylic acid groups (broad SMARTS) is 1. The molecule has 76 valence electrons. The molecule has 0 heterocycles. The van der Waals surface area contributed by atoms with Crippen LogP contribution in [0.2, 0.25) is 0 Å². The third kappa shape index (κ3) is 2.34. The number of hydrogen-bond acceptors (Lipinski definition) is 1. The van der Waals surface area contributed by atoms with Crippen LogP contribution in [0.5, 0.6) is 0 Å². The minimum absolute atomic E-state index is 0.0464. The van der Waals surface area contributed by atoms with Crippen molar-refractivity contribution >= 4 is 5.97 Å². The summed E-state index contributed by atoms with van der Waals surface area (Å²) < 4.78 is 0. The molecule has 0 aromatic heterocycles. The number of hydrogen-bond donors (Lipinski definition) is 1. The van der Waals surface area contributed by atoms with E-state index in [1.165, 1.54) is 6.08 Å². The zero-order chi connectivity index (χ0) is 10.8. The molecule has 0 saturated carbocycles. The lowest BCUT2D eigenvalue weighted by atomic mass is 9.75. The maximum absolute atomic E-state index is 10.4. The molecular formula is C12H16O2. The monoisotopic (exact) mass is 192 g/mol. The van der Waals surface area contributed by atoms with Crippen LogP contribution in [-0.2, 0) is 4.79 Å². The molecule has 14 heavy (non-hydrogen) atoms. The molecule has 0 unspecified atom stereocenters. The Hall–Kier alpha value is -1.31. The van der Waals surface area contributed by atoms with Gasteiger partial charge in [0, 0.05) is 6.08 Å². The first-order chi connectivity index (χ1) is 6.43. The van der Waals surface area contributed by atoms with Gasteiger partial charge in [-0.15, -0.1) is 0 Å². The first-order valence-electron chi connectivity index (χ1n) is 4.72. The van der Waals surface area contributed by atoms with Gasteiger partial charge in [0.25, 0.3) is 0 Å². The van der Waals surface area contributed by atoms with E-state index in [0.717, 1.165) is 17.6 Å². The Balaban J connectivity index is 3.02. The first kappa shape index (κ1) is 10.8. The predicted octanol–water partition coefficient (Wildman–Crippen LogP) is 2.93. The van der Waals surface area contributed by atoms with Gasteiger partial charge in [0.1, 0.15) is 0 Å². The van der Waals surface area contributed by atoms with Crippen LogP contribution in [0.1, 0.15) is 27.2 Å². The summed E-state index contributed by atoms with van der Waals surface area (Å²) in [5.41, 5.74) is 2.31. The Morgan fingerprint density at radius 3 is 2.71 bits per heavy atom. The summed E-state index contributed by atoms with van der Waals surface area (Å²) in [6.45, 7) is 6.27. The van der Waals surface area contributed by atoms with Crippen molar-refractivity contribution in [1.29, 1.82) is 0 Å². The van der Waals surface area contributed by atoms with Crippen LogP contribution in [0.15, 0.2) is 35.5 Å². The molecule has 0 aromatic rings. The standard InChI is InChI=1S/C12H16O2/c1-9-5-4-8-12(2,3)10(9)6-7-11(13)14/h4-7H,8H2,1-3H3,(H,13,14). The Morgan fingerprint density at radius 1 is 1.57 bits per heavy atom. The minimum atomic E-state index is -0.893. The van der Waals surface area contributed by atoms with Gasteiger partial charge in [0.15, 0.2) is 0 Å². The first-order valence-corrected chi connectivity index (χ1v) is 4.72. The summed E-state index contributed by atoms with van der Waals surface area (Å²) in [4.78, 5) is 10.4. The molecule has 1 aliphatic rings. The van der Waals surface area contributed by atoms with Crippen LogP contribution >= 0.6 is 0 Å². The fourth-order valence-electron chi connectivity index (χ4n) is 1.78. The fourth-order valence-corrected chi connectivity index (χ4v) is 1.78. The van der Waals surface area contributed by atoms with Crippen molar-refractivity contribution in [1.82, 2.24) is 0 Å². The largest absolute Gasteiger partial charge is 0.478 e. The summed E-state index contributed by atoms with van der Waals surface area (Å²) in [7, 11) is 0. The molecule has 0 bridgehead atoms. The lowest BCUT2D eigenvalue weighted by Crippen LogP contribution is -2.16. The van der Waals surface area contributed by atoms with Crippen molar-refractivity contribution < 1.29 is 9.90 Å². The summed E-state index contributed by atoms with van der Waals surface area (Å²) in [5, 5.41) is 8.57. The van der Waals surface area contributed by atoms with Crippen LogP contribution < -0.4 is 0 Å². The molecule has 0 radical (unpaired) electrons. The van der Waals surface area contributed by atoms with Gasteiger partial charge in [-0.2, -0.15) is 0 Å². The van der Waals surface area contributed by atoms with Crippen LogP contribution in [0, 0.1) is 5.41 Å². The second-order valence-electron chi connectivity index (χ2n) is 4.26. The van der Waals surface area contributed by atoms with E-state index in [0.29, 0.717) is 0 Å². The molecule has 0 saturated heterocycles. The van der Waals surface area contributed by atoms with E-state index in [2.05, 4.69) is 19.9 Å². The van der Waals surface area contributed by atoms with Gasteiger partial charge in [-0.3, -0.25) is 0 Å². The number of carbonyl (C=O) groups is 1.